The number of rotatable bonds is 4. The fourth-order valence-corrected chi connectivity index (χ4v) is 2.61. The highest BCUT2D eigenvalue weighted by Crippen LogP contribution is 2.32. The lowest BCUT2D eigenvalue weighted by atomic mass is 10.1. The van der Waals surface area contributed by atoms with Crippen molar-refractivity contribution in [1.82, 2.24) is 4.98 Å². The molecule has 2 nitrogen and oxygen atoms in total. The molecule has 0 atom stereocenters. The maximum absolute atomic E-state index is 12.9. The molecule has 1 aromatic heterocycles. The molecule has 0 saturated heterocycles. The zero-order valence-corrected chi connectivity index (χ0v) is 11.6. The first-order valence-corrected chi connectivity index (χ1v) is 6.85. The average molecular weight is 264 g/mol. The predicted octanol–water partition coefficient (Wildman–Crippen LogP) is 4.33. The van der Waals surface area contributed by atoms with Gasteiger partial charge in [-0.15, -0.1) is 0 Å². The number of nitrogens with zero attached hydrogens (tertiary/aromatic N) is 1. The van der Waals surface area contributed by atoms with E-state index in [1.165, 1.54) is 12.1 Å². The van der Waals surface area contributed by atoms with E-state index in [4.69, 9.17) is 0 Å². The van der Waals surface area contributed by atoms with Crippen molar-refractivity contribution in [2.45, 2.75) is 20.8 Å². The summed E-state index contributed by atoms with van der Waals surface area (Å²) in [6.07, 6.45) is 0. The van der Waals surface area contributed by atoms with Gasteiger partial charge in [0.2, 0.25) is 0 Å². The molecule has 0 aliphatic heterocycles. The van der Waals surface area contributed by atoms with Gasteiger partial charge in [-0.1, -0.05) is 37.3 Å². The van der Waals surface area contributed by atoms with Crippen molar-refractivity contribution < 1.29 is 4.39 Å². The fraction of sp³-hybridized carbons (Fsp3) is 0.357. The largest absolute Gasteiger partial charge is 0.361 e. The van der Waals surface area contributed by atoms with Gasteiger partial charge >= 0.3 is 0 Å². The molecule has 1 N–H and O–H groups in total. The van der Waals surface area contributed by atoms with Crippen LogP contribution in [0.3, 0.4) is 0 Å². The summed E-state index contributed by atoms with van der Waals surface area (Å²) >= 11 is 1.62. The predicted molar refractivity (Wildman–Crippen MR) is 75.6 cm³/mol. The van der Waals surface area contributed by atoms with Crippen LogP contribution in [0.25, 0.3) is 10.4 Å². The number of halogens is 1. The first-order chi connectivity index (χ1) is 8.56. The molecule has 1 heterocycles. The van der Waals surface area contributed by atoms with Crippen LogP contribution in [0.2, 0.25) is 0 Å². The molecule has 0 bridgehead atoms. The van der Waals surface area contributed by atoms with Gasteiger partial charge in [-0.3, -0.25) is 0 Å². The fourth-order valence-electron chi connectivity index (χ4n) is 1.63. The molecule has 0 saturated carbocycles. The molecule has 0 spiro atoms. The highest BCUT2D eigenvalue weighted by molar-refractivity contribution is 7.19. The minimum Gasteiger partial charge on any atom is -0.361 e. The molecule has 1 aromatic carbocycles. The number of benzene rings is 1. The Labute approximate surface area is 111 Å². The van der Waals surface area contributed by atoms with Crippen molar-refractivity contribution in [3.05, 3.63) is 35.8 Å². The number of hydrogen-bond acceptors (Lipinski definition) is 3. The summed E-state index contributed by atoms with van der Waals surface area (Å²) in [5.41, 5.74) is 2.00. The summed E-state index contributed by atoms with van der Waals surface area (Å²) in [5.74, 6) is 0.377. The monoisotopic (exact) mass is 264 g/mol. The van der Waals surface area contributed by atoms with E-state index in [1.807, 2.05) is 6.92 Å². The van der Waals surface area contributed by atoms with E-state index in [1.54, 1.807) is 23.5 Å². The van der Waals surface area contributed by atoms with Gasteiger partial charge in [0, 0.05) is 6.54 Å². The van der Waals surface area contributed by atoms with E-state index < -0.39 is 0 Å². The SMILES string of the molecule is Cc1nc(NCC(C)C)sc1-c1ccc(F)cc1. The number of aromatic nitrogens is 1. The third-order valence-corrected chi connectivity index (χ3v) is 3.73. The van der Waals surface area contributed by atoms with Crippen LogP contribution in [0.1, 0.15) is 19.5 Å². The van der Waals surface area contributed by atoms with Gasteiger partial charge in [0.15, 0.2) is 5.13 Å². The van der Waals surface area contributed by atoms with Gasteiger partial charge in [-0.2, -0.15) is 0 Å². The van der Waals surface area contributed by atoms with Crippen LogP contribution in [0.4, 0.5) is 9.52 Å². The Morgan fingerprint density at radius 2 is 1.94 bits per heavy atom. The Hall–Kier alpha value is -1.42. The van der Waals surface area contributed by atoms with Crippen LogP contribution in [-0.2, 0) is 0 Å². The maximum atomic E-state index is 12.9. The van der Waals surface area contributed by atoms with E-state index in [0.29, 0.717) is 5.92 Å². The standard InChI is InChI=1S/C14H17FN2S/c1-9(2)8-16-14-17-10(3)13(18-14)11-4-6-12(15)7-5-11/h4-7,9H,8H2,1-3H3,(H,16,17). The lowest BCUT2D eigenvalue weighted by Gasteiger charge is -2.04. The number of hydrogen-bond donors (Lipinski definition) is 1. The molecule has 0 amide bonds. The highest BCUT2D eigenvalue weighted by Gasteiger charge is 2.09. The van der Waals surface area contributed by atoms with E-state index in [-0.39, 0.29) is 5.82 Å². The number of anilines is 1. The summed E-state index contributed by atoms with van der Waals surface area (Å²) in [6.45, 7) is 7.22. The van der Waals surface area contributed by atoms with E-state index in [9.17, 15) is 4.39 Å². The van der Waals surface area contributed by atoms with Crippen molar-refractivity contribution in [2.24, 2.45) is 5.92 Å². The minimum absolute atomic E-state index is 0.209. The summed E-state index contributed by atoms with van der Waals surface area (Å²) in [6, 6.07) is 6.55. The molecule has 4 heteroatoms. The number of nitrogens with one attached hydrogen (secondary N) is 1. The van der Waals surface area contributed by atoms with Gasteiger partial charge in [0.25, 0.3) is 0 Å². The molecule has 0 radical (unpaired) electrons. The third kappa shape index (κ3) is 3.07. The molecule has 96 valence electrons. The van der Waals surface area contributed by atoms with Crippen molar-refractivity contribution in [2.75, 3.05) is 11.9 Å². The summed E-state index contributed by atoms with van der Waals surface area (Å²) < 4.78 is 12.9. The van der Waals surface area contributed by atoms with Crippen LogP contribution in [0.5, 0.6) is 0 Å². The van der Waals surface area contributed by atoms with Gasteiger partial charge in [-0.25, -0.2) is 9.37 Å². The maximum Gasteiger partial charge on any atom is 0.183 e. The molecular formula is C14H17FN2S. The zero-order valence-electron chi connectivity index (χ0n) is 10.8. The van der Waals surface area contributed by atoms with Gasteiger partial charge in [0.1, 0.15) is 5.82 Å². The van der Waals surface area contributed by atoms with Crippen LogP contribution in [0, 0.1) is 18.7 Å². The molecule has 2 rings (SSSR count). The van der Waals surface area contributed by atoms with Crippen molar-refractivity contribution in [3.8, 4) is 10.4 Å². The normalized spacial score (nSPS) is 10.9. The van der Waals surface area contributed by atoms with Crippen LogP contribution >= 0.6 is 11.3 Å². The Morgan fingerprint density at radius 1 is 1.28 bits per heavy atom. The van der Waals surface area contributed by atoms with Crippen molar-refractivity contribution in [1.29, 1.82) is 0 Å². The Bertz CT molecular complexity index is 517. The first-order valence-electron chi connectivity index (χ1n) is 6.03. The zero-order chi connectivity index (χ0) is 13.1. The molecule has 0 unspecified atom stereocenters. The van der Waals surface area contributed by atoms with E-state index in [0.717, 1.165) is 27.8 Å². The van der Waals surface area contributed by atoms with E-state index in [2.05, 4.69) is 24.1 Å². The quantitative estimate of drug-likeness (QED) is 0.889. The van der Waals surface area contributed by atoms with Crippen LogP contribution in [-0.4, -0.2) is 11.5 Å². The molecule has 2 aromatic rings. The molecular weight excluding hydrogens is 247 g/mol. The van der Waals surface area contributed by atoms with Crippen LogP contribution < -0.4 is 5.32 Å². The second kappa shape index (κ2) is 5.48. The van der Waals surface area contributed by atoms with Crippen molar-refractivity contribution in [3.63, 3.8) is 0 Å². The lowest BCUT2D eigenvalue weighted by molar-refractivity contribution is 0.628. The van der Waals surface area contributed by atoms with Crippen molar-refractivity contribution >= 4 is 16.5 Å². The molecule has 0 aliphatic rings. The number of thiazole rings is 1. The topological polar surface area (TPSA) is 24.9 Å². The third-order valence-electron chi connectivity index (χ3n) is 2.56. The van der Waals surface area contributed by atoms with E-state index >= 15 is 0 Å². The Kier molecular flexibility index (Phi) is 3.97. The summed E-state index contributed by atoms with van der Waals surface area (Å²) in [4.78, 5) is 5.59. The molecule has 0 aliphatic carbocycles. The highest BCUT2D eigenvalue weighted by atomic mass is 32.1. The van der Waals surface area contributed by atoms with Gasteiger partial charge in [-0.05, 0) is 30.5 Å². The van der Waals surface area contributed by atoms with Crippen LogP contribution in [0.15, 0.2) is 24.3 Å². The average Bonchev–Trinajstić information content (AvgIpc) is 2.69. The van der Waals surface area contributed by atoms with Gasteiger partial charge < -0.3 is 5.32 Å². The second-order valence-corrected chi connectivity index (χ2v) is 5.71. The second-order valence-electron chi connectivity index (χ2n) is 4.72. The summed E-state index contributed by atoms with van der Waals surface area (Å²) in [7, 11) is 0. The first kappa shape index (κ1) is 13.0. The lowest BCUT2D eigenvalue weighted by Crippen LogP contribution is -2.07. The number of aryl methyl sites for hydroxylation is 1. The smallest absolute Gasteiger partial charge is 0.183 e. The Morgan fingerprint density at radius 3 is 2.56 bits per heavy atom. The molecule has 18 heavy (non-hydrogen) atoms. The minimum atomic E-state index is -0.209. The van der Waals surface area contributed by atoms with Gasteiger partial charge in [0.05, 0.1) is 10.6 Å². The summed E-state index contributed by atoms with van der Waals surface area (Å²) in [5, 5.41) is 4.25. The Balaban J connectivity index is 2.21. The molecule has 0 fully saturated rings.